The molecule has 12 rings (SSSR count). The highest BCUT2D eigenvalue weighted by Crippen LogP contribution is 2.40. The van der Waals surface area contributed by atoms with Crippen LogP contribution in [0.3, 0.4) is 0 Å². The van der Waals surface area contributed by atoms with E-state index >= 15 is 0 Å². The van der Waals surface area contributed by atoms with Gasteiger partial charge < -0.3 is 9.47 Å². The summed E-state index contributed by atoms with van der Waals surface area (Å²) in [5.41, 5.74) is 8.89. The molecule has 0 radical (unpaired) electrons. The third kappa shape index (κ3) is 6.20. The molecule has 306 valence electrons. The lowest BCUT2D eigenvalue weighted by molar-refractivity contribution is 0.618. The Bertz CT molecular complexity index is 3350. The molecule has 0 saturated carbocycles. The van der Waals surface area contributed by atoms with Gasteiger partial charge in [-0.3, -0.25) is 0 Å². The predicted octanol–water partition coefficient (Wildman–Crippen LogP) is 10.9. The lowest BCUT2D eigenvalue weighted by Gasteiger charge is -2.36. The molecule has 3 heterocycles. The highest BCUT2D eigenvalue weighted by molar-refractivity contribution is 7.20. The van der Waals surface area contributed by atoms with Gasteiger partial charge in [-0.15, -0.1) is 11.3 Å². The molecule has 0 saturated heterocycles. The van der Waals surface area contributed by atoms with E-state index in [1.807, 2.05) is 17.4 Å². The van der Waals surface area contributed by atoms with Crippen molar-refractivity contribution in [1.29, 1.82) is 0 Å². The molecule has 2 aromatic heterocycles. The van der Waals surface area contributed by atoms with Gasteiger partial charge in [0, 0.05) is 37.1 Å². The van der Waals surface area contributed by atoms with Crippen LogP contribution >= 0.6 is 11.3 Å². The lowest BCUT2D eigenvalue weighted by Crippen LogP contribution is -2.74. The van der Waals surface area contributed by atoms with E-state index in [4.69, 9.17) is 0 Å². The molecule has 2 nitrogen and oxygen atoms in total. The fourth-order valence-electron chi connectivity index (χ4n) is 10.9. The third-order valence-corrected chi connectivity index (χ3v) is 19.7. The maximum Gasteiger partial charge on any atom is 0.179 e. The first kappa shape index (κ1) is 38.4. The van der Waals surface area contributed by atoms with Gasteiger partial charge in [0.2, 0.25) is 0 Å². The maximum absolute atomic E-state index is 4.10. The highest BCUT2D eigenvalue weighted by Gasteiger charge is 2.41. The minimum Gasteiger partial charge on any atom is -0.334 e. The Balaban J connectivity index is 0.972. The second-order valence-electron chi connectivity index (χ2n) is 17.2. The number of nitrogens with zero attached hydrogens (tertiary/aromatic N) is 2. The number of aromatic nitrogens is 1. The van der Waals surface area contributed by atoms with E-state index < -0.39 is 8.07 Å². The quantitative estimate of drug-likeness (QED) is 0.104. The van der Waals surface area contributed by atoms with E-state index in [1.54, 1.807) is 0 Å². The average Bonchev–Trinajstić information content (AvgIpc) is 4.02. The van der Waals surface area contributed by atoms with Crippen molar-refractivity contribution in [2.45, 2.75) is 24.9 Å². The van der Waals surface area contributed by atoms with E-state index in [0.717, 1.165) is 12.8 Å². The molecule has 1 aliphatic heterocycles. The normalized spacial score (nSPS) is 16.6. The number of anilines is 2. The molecule has 0 fully saturated rings. The van der Waals surface area contributed by atoms with Gasteiger partial charge in [0.1, 0.15) is 0 Å². The topological polar surface area (TPSA) is 8.17 Å². The summed E-state index contributed by atoms with van der Waals surface area (Å²) in [6.45, 7) is 4.10. The predicted molar refractivity (Wildman–Crippen MR) is 277 cm³/mol. The highest BCUT2D eigenvalue weighted by atomic mass is 32.1. The number of thiophene rings is 1. The van der Waals surface area contributed by atoms with Gasteiger partial charge >= 0.3 is 0 Å². The van der Waals surface area contributed by atoms with E-state index in [-0.39, 0.29) is 6.04 Å². The first-order chi connectivity index (χ1) is 31.7. The zero-order chi connectivity index (χ0) is 42.6. The van der Waals surface area contributed by atoms with Crippen molar-refractivity contribution in [3.8, 4) is 11.1 Å². The Hall–Kier alpha value is -7.24. The molecule has 3 aliphatic rings. The fourth-order valence-corrected chi connectivity index (χ4v) is 16.8. The summed E-state index contributed by atoms with van der Waals surface area (Å²) in [6, 6.07) is 68.9. The summed E-state index contributed by atoms with van der Waals surface area (Å²) in [5, 5.41) is 10.7. The van der Waals surface area contributed by atoms with Crippen LogP contribution in [-0.2, 0) is 6.42 Å². The summed E-state index contributed by atoms with van der Waals surface area (Å²) in [6.07, 6.45) is 19.9. The molecule has 0 amide bonds. The minimum absolute atomic E-state index is 0.128. The summed E-state index contributed by atoms with van der Waals surface area (Å²) in [5.74, 6) is 0. The number of fused-ring (bicyclic) bond motifs is 8. The van der Waals surface area contributed by atoms with E-state index in [2.05, 4.69) is 241 Å². The van der Waals surface area contributed by atoms with Gasteiger partial charge in [0.15, 0.2) is 8.07 Å². The van der Waals surface area contributed by atoms with Gasteiger partial charge in [0.05, 0.1) is 17.4 Å². The standard InChI is InChI=1S/C60H46N2SSi/c1-2-16-52-54-39-43(29-37-57(54)62-56-25-14-12-17-44(56)40-58(52)62)42-27-30-45(31-28-42)61(47-34-38-60-55(41-47)53-24-13-15-26-59(53)63-60)46-32-35-51(36-33-46)64(48-18-6-3-7-19-48,49-20-8-4-9-21-49)50-22-10-5-11-23-50/h2-24,26-40,47,56H,1,25,41H2/b52-16-. The van der Waals surface area contributed by atoms with Crippen molar-refractivity contribution in [2.75, 3.05) is 4.90 Å². The van der Waals surface area contributed by atoms with E-state index in [9.17, 15) is 0 Å². The molecule has 4 heteroatoms. The lowest BCUT2D eigenvalue weighted by atomic mass is 9.95. The van der Waals surface area contributed by atoms with Crippen molar-refractivity contribution in [2.24, 2.45) is 0 Å². The maximum atomic E-state index is 4.10. The number of rotatable bonds is 9. The van der Waals surface area contributed by atoms with Gasteiger partial charge in [-0.25, -0.2) is 0 Å². The zero-order valence-corrected chi connectivity index (χ0v) is 37.3. The van der Waals surface area contributed by atoms with Gasteiger partial charge in [-0.1, -0.05) is 183 Å². The van der Waals surface area contributed by atoms with Crippen LogP contribution in [0, 0.1) is 0 Å². The van der Waals surface area contributed by atoms with Crippen LogP contribution in [0.2, 0.25) is 0 Å². The minimum atomic E-state index is -2.68. The molecular formula is C60H46N2SSi. The Morgan fingerprint density at radius 3 is 1.92 bits per heavy atom. The Morgan fingerprint density at radius 1 is 0.641 bits per heavy atom. The monoisotopic (exact) mass is 854 g/mol. The fraction of sp³-hybridized carbons (Fsp3) is 0.0667. The SMILES string of the molecule is C=C/C=c1\c2n(c3ccc(-c4ccc(N(c5ccc([Si](c6ccccc6)(c6ccccc6)c6ccccc6)cc5)C5C=Cc6sc7ccccc7c6C5)cc4)cc13)C1CC=CC=C1C=2. The molecule has 0 spiro atoms. The third-order valence-electron chi connectivity index (χ3n) is 13.8. The number of hydrogen-bond acceptors (Lipinski definition) is 2. The van der Waals surface area contributed by atoms with Crippen LogP contribution < -0.4 is 36.2 Å². The van der Waals surface area contributed by atoms with E-state index in [0.29, 0.717) is 6.04 Å². The molecule has 2 atom stereocenters. The molecule has 7 aromatic carbocycles. The molecular weight excluding hydrogens is 809 g/mol. The summed E-state index contributed by atoms with van der Waals surface area (Å²) < 4.78 is 3.88. The van der Waals surface area contributed by atoms with Crippen LogP contribution in [0.1, 0.15) is 22.9 Å². The van der Waals surface area contributed by atoms with Crippen molar-refractivity contribution in [3.05, 3.63) is 246 Å². The van der Waals surface area contributed by atoms with Crippen LogP contribution in [0.4, 0.5) is 11.4 Å². The molecule has 64 heavy (non-hydrogen) atoms. The van der Waals surface area contributed by atoms with Crippen molar-refractivity contribution in [3.63, 3.8) is 0 Å². The van der Waals surface area contributed by atoms with Crippen molar-refractivity contribution >= 4 is 90.7 Å². The Morgan fingerprint density at radius 2 is 1.25 bits per heavy atom. The Kier molecular flexibility index (Phi) is 9.51. The van der Waals surface area contributed by atoms with Crippen molar-refractivity contribution < 1.29 is 0 Å². The summed E-state index contributed by atoms with van der Waals surface area (Å²) >= 11 is 1.90. The largest absolute Gasteiger partial charge is 0.334 e. The van der Waals surface area contributed by atoms with Gasteiger partial charge in [-0.05, 0) is 116 Å². The van der Waals surface area contributed by atoms with Gasteiger partial charge in [0.25, 0.3) is 0 Å². The average molecular weight is 855 g/mol. The number of hydrogen-bond donors (Lipinski definition) is 0. The molecule has 2 aliphatic carbocycles. The van der Waals surface area contributed by atoms with Crippen molar-refractivity contribution in [1.82, 2.24) is 4.57 Å². The Labute approximate surface area is 379 Å². The molecule has 0 N–H and O–H groups in total. The molecule has 2 unspecified atom stereocenters. The number of benzene rings is 7. The summed E-state index contributed by atoms with van der Waals surface area (Å²) in [7, 11) is -2.68. The van der Waals surface area contributed by atoms with Crippen LogP contribution in [0.15, 0.2) is 225 Å². The van der Waals surface area contributed by atoms with Crippen LogP contribution in [0.25, 0.3) is 50.3 Å². The summed E-state index contributed by atoms with van der Waals surface area (Å²) in [4.78, 5) is 3.94. The zero-order valence-electron chi connectivity index (χ0n) is 35.5. The first-order valence-electron chi connectivity index (χ1n) is 22.4. The van der Waals surface area contributed by atoms with E-state index in [1.165, 1.54) is 90.8 Å². The second-order valence-corrected chi connectivity index (χ2v) is 22.1. The molecule has 9 aromatic rings. The first-order valence-corrected chi connectivity index (χ1v) is 25.2. The van der Waals surface area contributed by atoms with Crippen LogP contribution in [0.5, 0.6) is 0 Å². The number of allylic oxidation sites excluding steroid dienone is 5. The van der Waals surface area contributed by atoms with Gasteiger partial charge in [-0.2, -0.15) is 0 Å². The second kappa shape index (κ2) is 15.8. The smallest absolute Gasteiger partial charge is 0.179 e. The van der Waals surface area contributed by atoms with Crippen LogP contribution in [-0.4, -0.2) is 18.7 Å². The molecule has 0 bridgehead atoms.